The van der Waals surface area contributed by atoms with Gasteiger partial charge in [0.25, 0.3) is 0 Å². The van der Waals surface area contributed by atoms with E-state index in [2.05, 4.69) is 27.9 Å². The molecule has 4 amide bonds. The summed E-state index contributed by atoms with van der Waals surface area (Å²) in [5, 5.41) is 8.65. The fourth-order valence-corrected chi connectivity index (χ4v) is 4.71. The lowest BCUT2D eigenvalue weighted by Crippen LogP contribution is -2.56. The largest absolute Gasteiger partial charge is 0.457 e. The number of nitrogens with zero attached hydrogens (tertiary/aromatic N) is 1. The van der Waals surface area contributed by atoms with Gasteiger partial charge in [0.2, 0.25) is 30.4 Å². The first kappa shape index (κ1) is 38.7. The second-order valence-corrected chi connectivity index (χ2v) is 11.6. The Labute approximate surface area is 277 Å². The van der Waals surface area contributed by atoms with Crippen LogP contribution in [-0.2, 0) is 41.6 Å². The number of hydrogen-bond donors (Lipinski definition) is 4. The van der Waals surface area contributed by atoms with Crippen molar-refractivity contribution in [3.8, 4) is 5.75 Å². The first-order valence-corrected chi connectivity index (χ1v) is 16.6. The van der Waals surface area contributed by atoms with Gasteiger partial charge in [0.05, 0.1) is 12.1 Å². The molecule has 0 aliphatic heterocycles. The number of nitrogens with one attached hydrogen (secondary N) is 3. The summed E-state index contributed by atoms with van der Waals surface area (Å²) in [5.41, 5.74) is 6.54. The molecule has 12 nitrogen and oxygen atoms in total. The Balaban J connectivity index is 2.01. The molecule has 1 aromatic carbocycles. The molecular weight excluding hydrogens is 602 g/mol. The van der Waals surface area contributed by atoms with Gasteiger partial charge in [-0.1, -0.05) is 64.7 Å². The van der Waals surface area contributed by atoms with Crippen LogP contribution in [0.4, 0.5) is 0 Å². The van der Waals surface area contributed by atoms with E-state index in [1.54, 1.807) is 48.7 Å². The third-order valence-corrected chi connectivity index (χ3v) is 7.71. The lowest BCUT2D eigenvalue weighted by atomic mass is 9.97. The normalized spacial score (nSPS) is 12.7. The molecular formula is C35H51N5O7. The Bertz CT molecular complexity index is 1260. The maximum Gasteiger partial charge on any atom is 0.314 e. The molecule has 12 heteroatoms. The van der Waals surface area contributed by atoms with E-state index in [1.165, 1.54) is 0 Å². The molecule has 47 heavy (non-hydrogen) atoms. The number of aromatic nitrogens is 1. The monoisotopic (exact) mass is 653 g/mol. The standard InChI is InChI=1S/C35H51N5O7/c1-4-6-8-15-31(42)39-29(34(44)40-33(25(3)5-2)35(45)38-21-11-7-9-14-30(36)41)22-26-16-18-28(19-17-26)46-24-47-32(43)23-27-13-10-12-20-37-27/h10,12-13,16-20,25,29,33H,4-9,11,14-15,21-24H2,1-3H3,(H2,36,41)(H,38,45)(H,39,42)(H,40,44). The van der Waals surface area contributed by atoms with Crippen LogP contribution in [0.2, 0.25) is 0 Å². The molecule has 258 valence electrons. The molecule has 0 aliphatic carbocycles. The predicted octanol–water partition coefficient (Wildman–Crippen LogP) is 3.50. The second-order valence-electron chi connectivity index (χ2n) is 11.6. The van der Waals surface area contributed by atoms with E-state index < -0.39 is 24.0 Å². The smallest absolute Gasteiger partial charge is 0.314 e. The summed E-state index contributed by atoms with van der Waals surface area (Å²) in [5.74, 6) is -1.47. The van der Waals surface area contributed by atoms with Crippen LogP contribution in [-0.4, -0.2) is 60.0 Å². The lowest BCUT2D eigenvalue weighted by molar-refractivity contribution is -0.149. The molecule has 0 radical (unpaired) electrons. The van der Waals surface area contributed by atoms with Gasteiger partial charge < -0.3 is 31.2 Å². The van der Waals surface area contributed by atoms with Crippen LogP contribution in [0, 0.1) is 5.92 Å². The number of ether oxygens (including phenoxy) is 2. The highest BCUT2D eigenvalue weighted by molar-refractivity contribution is 5.92. The van der Waals surface area contributed by atoms with Crippen LogP contribution in [0.5, 0.6) is 5.75 Å². The van der Waals surface area contributed by atoms with Crippen molar-refractivity contribution < 1.29 is 33.4 Å². The highest BCUT2D eigenvalue weighted by atomic mass is 16.7. The van der Waals surface area contributed by atoms with Gasteiger partial charge in [0.15, 0.2) is 0 Å². The Morgan fingerprint density at radius 1 is 0.872 bits per heavy atom. The zero-order valence-corrected chi connectivity index (χ0v) is 27.9. The highest BCUT2D eigenvalue weighted by Gasteiger charge is 2.30. The third kappa shape index (κ3) is 16.1. The van der Waals surface area contributed by atoms with Crippen molar-refractivity contribution in [1.82, 2.24) is 20.9 Å². The minimum absolute atomic E-state index is 0.0364. The Hall–Kier alpha value is -4.48. The van der Waals surface area contributed by atoms with E-state index >= 15 is 0 Å². The number of pyridine rings is 1. The number of amides is 4. The van der Waals surface area contributed by atoms with Gasteiger partial charge >= 0.3 is 5.97 Å². The molecule has 1 aromatic heterocycles. The summed E-state index contributed by atoms with van der Waals surface area (Å²) in [6.07, 6.45) is 7.77. The maximum atomic E-state index is 13.6. The van der Waals surface area contributed by atoms with Gasteiger partial charge in [-0.15, -0.1) is 0 Å². The number of carbonyl (C=O) groups is 5. The number of benzene rings is 1. The number of unbranched alkanes of at least 4 members (excludes halogenated alkanes) is 4. The zero-order valence-electron chi connectivity index (χ0n) is 27.9. The first-order chi connectivity index (χ1) is 22.6. The number of rotatable bonds is 23. The quantitative estimate of drug-likeness (QED) is 0.0799. The summed E-state index contributed by atoms with van der Waals surface area (Å²) < 4.78 is 10.7. The summed E-state index contributed by atoms with van der Waals surface area (Å²) in [6, 6.07) is 10.5. The molecule has 0 saturated carbocycles. The van der Waals surface area contributed by atoms with Gasteiger partial charge in [-0.3, -0.25) is 29.0 Å². The predicted molar refractivity (Wildman–Crippen MR) is 178 cm³/mol. The number of esters is 1. The molecule has 0 saturated heterocycles. The fourth-order valence-electron chi connectivity index (χ4n) is 4.71. The molecule has 2 aromatic rings. The average Bonchev–Trinajstić information content (AvgIpc) is 3.05. The van der Waals surface area contributed by atoms with Crippen LogP contribution in [0.3, 0.4) is 0 Å². The lowest BCUT2D eigenvalue weighted by Gasteiger charge is -2.26. The van der Waals surface area contributed by atoms with E-state index in [1.807, 2.05) is 13.8 Å². The van der Waals surface area contributed by atoms with Crippen molar-refractivity contribution in [1.29, 1.82) is 0 Å². The molecule has 0 aliphatic rings. The summed E-state index contributed by atoms with van der Waals surface area (Å²) in [4.78, 5) is 66.6. The SMILES string of the molecule is CCCCCC(=O)NC(Cc1ccc(OCOC(=O)Cc2ccccn2)cc1)C(=O)NC(C(=O)NCCCCCC(N)=O)C(C)CC. The number of nitrogens with two attached hydrogens (primary N) is 1. The summed E-state index contributed by atoms with van der Waals surface area (Å²) in [7, 11) is 0. The Morgan fingerprint density at radius 2 is 1.62 bits per heavy atom. The minimum Gasteiger partial charge on any atom is -0.457 e. The van der Waals surface area contributed by atoms with Crippen molar-refractivity contribution in [2.45, 2.75) is 103 Å². The first-order valence-electron chi connectivity index (χ1n) is 16.6. The van der Waals surface area contributed by atoms with Gasteiger partial charge in [-0.25, -0.2) is 0 Å². The number of carbonyl (C=O) groups excluding carboxylic acids is 5. The van der Waals surface area contributed by atoms with Crippen LogP contribution in [0.25, 0.3) is 0 Å². The molecule has 2 rings (SSSR count). The van der Waals surface area contributed by atoms with Gasteiger partial charge in [-0.2, -0.15) is 0 Å². The Kier molecular flexibility index (Phi) is 18.2. The van der Waals surface area contributed by atoms with Gasteiger partial charge in [0.1, 0.15) is 17.8 Å². The molecule has 3 atom stereocenters. The van der Waals surface area contributed by atoms with Crippen LogP contribution in [0.15, 0.2) is 48.7 Å². The fraction of sp³-hybridized carbons (Fsp3) is 0.543. The molecule has 0 fully saturated rings. The molecule has 1 heterocycles. The van der Waals surface area contributed by atoms with Gasteiger partial charge in [0, 0.05) is 32.0 Å². The Morgan fingerprint density at radius 3 is 2.28 bits per heavy atom. The maximum absolute atomic E-state index is 13.6. The van der Waals surface area contributed by atoms with Crippen molar-refractivity contribution in [2.24, 2.45) is 11.7 Å². The van der Waals surface area contributed by atoms with Crippen molar-refractivity contribution >= 4 is 29.6 Å². The van der Waals surface area contributed by atoms with E-state index in [9.17, 15) is 24.0 Å². The van der Waals surface area contributed by atoms with Crippen molar-refractivity contribution in [2.75, 3.05) is 13.3 Å². The molecule has 3 unspecified atom stereocenters. The molecule has 5 N–H and O–H groups in total. The number of hydrogen-bond acceptors (Lipinski definition) is 8. The van der Waals surface area contributed by atoms with Gasteiger partial charge in [-0.05, 0) is 55.0 Å². The topological polar surface area (TPSA) is 179 Å². The summed E-state index contributed by atoms with van der Waals surface area (Å²) in [6.45, 7) is 6.03. The number of primary amides is 1. The summed E-state index contributed by atoms with van der Waals surface area (Å²) >= 11 is 0. The average molecular weight is 654 g/mol. The minimum atomic E-state index is -0.906. The van der Waals surface area contributed by atoms with Crippen LogP contribution in [0.1, 0.15) is 89.8 Å². The van der Waals surface area contributed by atoms with E-state index in [4.69, 9.17) is 15.2 Å². The van der Waals surface area contributed by atoms with E-state index in [0.29, 0.717) is 56.5 Å². The van der Waals surface area contributed by atoms with Crippen LogP contribution >= 0.6 is 0 Å². The van der Waals surface area contributed by atoms with E-state index in [-0.39, 0.29) is 43.3 Å². The van der Waals surface area contributed by atoms with E-state index in [0.717, 1.165) is 24.8 Å². The highest BCUT2D eigenvalue weighted by Crippen LogP contribution is 2.15. The van der Waals surface area contributed by atoms with Crippen LogP contribution < -0.4 is 26.4 Å². The third-order valence-electron chi connectivity index (χ3n) is 7.71. The zero-order chi connectivity index (χ0) is 34.4. The van der Waals surface area contributed by atoms with Crippen molar-refractivity contribution in [3.63, 3.8) is 0 Å². The molecule has 0 spiro atoms. The molecule has 0 bridgehead atoms. The van der Waals surface area contributed by atoms with Crippen molar-refractivity contribution in [3.05, 3.63) is 59.9 Å². The second kappa shape index (κ2) is 22.1.